The van der Waals surface area contributed by atoms with Gasteiger partial charge in [-0.2, -0.15) is 0 Å². The number of aliphatic imine (C=N–C) groups is 1. The summed E-state index contributed by atoms with van der Waals surface area (Å²) in [6.07, 6.45) is 1.77. The summed E-state index contributed by atoms with van der Waals surface area (Å²) in [4.78, 5) is 4.59. The van der Waals surface area contributed by atoms with Crippen LogP contribution in [0.25, 0.3) is 10.8 Å². The van der Waals surface area contributed by atoms with E-state index in [0.717, 1.165) is 21.9 Å². The van der Waals surface area contributed by atoms with Crippen molar-refractivity contribution in [2.75, 3.05) is 0 Å². The summed E-state index contributed by atoms with van der Waals surface area (Å²) in [5.41, 5.74) is 1.93. The van der Waals surface area contributed by atoms with E-state index in [2.05, 4.69) is 17.1 Å². The highest BCUT2D eigenvalue weighted by atomic mass is 16.3. The molecule has 2 nitrogen and oxygen atoms in total. The highest BCUT2D eigenvalue weighted by molar-refractivity contribution is 6.02. The molecule has 0 spiro atoms. The van der Waals surface area contributed by atoms with Crippen LogP contribution in [0.1, 0.15) is 24.1 Å². The number of phenolic OH excluding ortho intramolecular Hbond substituents is 1. The molecule has 0 aromatic heterocycles. The summed E-state index contributed by atoms with van der Waals surface area (Å²) in [5, 5.41) is 12.2. The number of hydrogen-bond donors (Lipinski definition) is 1. The van der Waals surface area contributed by atoms with Crippen LogP contribution in [0.15, 0.2) is 71.7 Å². The lowest BCUT2D eigenvalue weighted by molar-refractivity contribution is 0.475. The molecule has 0 aliphatic rings. The predicted molar refractivity (Wildman–Crippen MR) is 88.1 cm³/mol. The van der Waals surface area contributed by atoms with E-state index in [1.807, 2.05) is 55.5 Å². The van der Waals surface area contributed by atoms with Gasteiger partial charge >= 0.3 is 0 Å². The third-order valence-electron chi connectivity index (χ3n) is 3.66. The Morgan fingerprint density at radius 1 is 0.905 bits per heavy atom. The van der Waals surface area contributed by atoms with Crippen LogP contribution in [0.3, 0.4) is 0 Å². The molecule has 3 aromatic carbocycles. The Balaban J connectivity index is 1.98. The molecular formula is C19H17NO. The molecule has 3 aromatic rings. The summed E-state index contributed by atoms with van der Waals surface area (Å²) in [6.45, 7) is 2.05. The maximum atomic E-state index is 10.1. The van der Waals surface area contributed by atoms with E-state index in [-0.39, 0.29) is 11.8 Å². The zero-order valence-electron chi connectivity index (χ0n) is 11.9. The molecule has 2 heteroatoms. The Bertz CT molecular complexity index is 778. The van der Waals surface area contributed by atoms with Crippen molar-refractivity contribution in [2.45, 2.75) is 13.0 Å². The number of phenols is 1. The number of rotatable bonds is 3. The van der Waals surface area contributed by atoms with Gasteiger partial charge in [-0.25, -0.2) is 0 Å². The molecule has 0 aliphatic carbocycles. The van der Waals surface area contributed by atoms with E-state index in [4.69, 9.17) is 0 Å². The first kappa shape index (κ1) is 13.4. The molecule has 3 rings (SSSR count). The molecular weight excluding hydrogens is 258 g/mol. The van der Waals surface area contributed by atoms with Gasteiger partial charge in [0.05, 0.1) is 6.04 Å². The van der Waals surface area contributed by atoms with E-state index in [1.54, 1.807) is 12.3 Å². The van der Waals surface area contributed by atoms with Crippen LogP contribution in [0.5, 0.6) is 5.75 Å². The minimum absolute atomic E-state index is 0.0598. The molecule has 0 radical (unpaired) electrons. The first-order valence-electron chi connectivity index (χ1n) is 7.04. The van der Waals surface area contributed by atoms with Gasteiger partial charge in [0.25, 0.3) is 0 Å². The van der Waals surface area contributed by atoms with Crippen molar-refractivity contribution >= 4 is 17.0 Å². The molecule has 104 valence electrons. The molecule has 21 heavy (non-hydrogen) atoms. The number of aromatic hydroxyl groups is 1. The number of hydrogen-bond acceptors (Lipinski definition) is 2. The zero-order chi connectivity index (χ0) is 14.7. The molecule has 0 unspecified atom stereocenters. The Labute approximate surface area is 124 Å². The number of nitrogens with zero attached hydrogens (tertiary/aromatic N) is 1. The molecule has 0 aliphatic heterocycles. The van der Waals surface area contributed by atoms with Crippen LogP contribution >= 0.6 is 0 Å². The topological polar surface area (TPSA) is 32.6 Å². The second-order valence-corrected chi connectivity index (χ2v) is 5.08. The van der Waals surface area contributed by atoms with Gasteiger partial charge < -0.3 is 5.11 Å². The molecule has 0 saturated carbocycles. The first-order chi connectivity index (χ1) is 10.3. The van der Waals surface area contributed by atoms with Gasteiger partial charge in [-0.3, -0.25) is 4.99 Å². The zero-order valence-corrected chi connectivity index (χ0v) is 11.9. The van der Waals surface area contributed by atoms with Crippen LogP contribution < -0.4 is 0 Å². The van der Waals surface area contributed by atoms with Crippen molar-refractivity contribution in [3.05, 3.63) is 77.9 Å². The van der Waals surface area contributed by atoms with Crippen molar-refractivity contribution in [1.29, 1.82) is 0 Å². The van der Waals surface area contributed by atoms with Crippen LogP contribution in [-0.4, -0.2) is 11.3 Å². The number of fused-ring (bicyclic) bond motifs is 1. The first-order valence-corrected chi connectivity index (χ1v) is 7.04. The standard InChI is InChI=1S/C19H17NO/c1-14(15-7-3-2-4-8-15)20-13-18-17-10-6-5-9-16(17)11-12-19(18)21/h2-14,21H,1H3/t14-/m1/s1. The molecule has 0 heterocycles. The average Bonchev–Trinajstić information content (AvgIpc) is 2.54. The molecule has 1 N–H and O–H groups in total. The van der Waals surface area contributed by atoms with Crippen LogP contribution in [-0.2, 0) is 0 Å². The van der Waals surface area contributed by atoms with E-state index >= 15 is 0 Å². The summed E-state index contributed by atoms with van der Waals surface area (Å²) in [5.74, 6) is 0.262. The lowest BCUT2D eigenvalue weighted by Crippen LogP contribution is -1.92. The highest BCUT2D eigenvalue weighted by Gasteiger charge is 2.06. The fourth-order valence-corrected chi connectivity index (χ4v) is 2.42. The smallest absolute Gasteiger partial charge is 0.124 e. The molecule has 1 atom stereocenters. The lowest BCUT2D eigenvalue weighted by Gasteiger charge is -2.08. The normalized spacial score (nSPS) is 12.8. The van der Waals surface area contributed by atoms with Crippen LogP contribution in [0.2, 0.25) is 0 Å². The van der Waals surface area contributed by atoms with Crippen LogP contribution in [0, 0.1) is 0 Å². The minimum atomic E-state index is 0.0598. The third-order valence-corrected chi connectivity index (χ3v) is 3.66. The van der Waals surface area contributed by atoms with Crippen LogP contribution in [0.4, 0.5) is 0 Å². The van der Waals surface area contributed by atoms with E-state index in [0.29, 0.717) is 0 Å². The quantitative estimate of drug-likeness (QED) is 0.689. The highest BCUT2D eigenvalue weighted by Crippen LogP contribution is 2.26. The lowest BCUT2D eigenvalue weighted by atomic mass is 10.0. The van der Waals surface area contributed by atoms with Gasteiger partial charge in [0.1, 0.15) is 5.75 Å². The minimum Gasteiger partial charge on any atom is -0.507 e. The Kier molecular flexibility index (Phi) is 3.69. The monoisotopic (exact) mass is 275 g/mol. The van der Waals surface area contributed by atoms with Gasteiger partial charge in [0.2, 0.25) is 0 Å². The second kappa shape index (κ2) is 5.80. The summed E-state index contributed by atoms with van der Waals surface area (Å²) in [6, 6.07) is 21.8. The second-order valence-electron chi connectivity index (χ2n) is 5.08. The molecule has 0 fully saturated rings. The van der Waals surface area contributed by atoms with Gasteiger partial charge in [0.15, 0.2) is 0 Å². The SMILES string of the molecule is C[C@@H](N=Cc1c(O)ccc2ccccc12)c1ccccc1. The Morgan fingerprint density at radius 2 is 1.62 bits per heavy atom. The largest absolute Gasteiger partial charge is 0.507 e. The Morgan fingerprint density at radius 3 is 2.43 bits per heavy atom. The number of benzene rings is 3. The van der Waals surface area contributed by atoms with E-state index in [1.165, 1.54) is 0 Å². The average molecular weight is 275 g/mol. The van der Waals surface area contributed by atoms with Crippen molar-refractivity contribution in [3.8, 4) is 5.75 Å². The van der Waals surface area contributed by atoms with Crippen molar-refractivity contribution < 1.29 is 5.11 Å². The van der Waals surface area contributed by atoms with Gasteiger partial charge in [-0.05, 0) is 29.3 Å². The van der Waals surface area contributed by atoms with Crippen molar-refractivity contribution in [3.63, 3.8) is 0 Å². The van der Waals surface area contributed by atoms with E-state index in [9.17, 15) is 5.11 Å². The predicted octanol–water partition coefficient (Wildman–Crippen LogP) is 4.73. The summed E-state index contributed by atoms with van der Waals surface area (Å²) < 4.78 is 0. The molecule has 0 amide bonds. The maximum absolute atomic E-state index is 10.1. The van der Waals surface area contributed by atoms with Crippen molar-refractivity contribution in [1.82, 2.24) is 0 Å². The Hall–Kier alpha value is -2.61. The fourth-order valence-electron chi connectivity index (χ4n) is 2.42. The van der Waals surface area contributed by atoms with E-state index < -0.39 is 0 Å². The van der Waals surface area contributed by atoms with Gasteiger partial charge in [0, 0.05) is 11.8 Å². The molecule has 0 saturated heterocycles. The van der Waals surface area contributed by atoms with Gasteiger partial charge in [-0.15, -0.1) is 0 Å². The van der Waals surface area contributed by atoms with Crippen molar-refractivity contribution in [2.24, 2.45) is 4.99 Å². The maximum Gasteiger partial charge on any atom is 0.124 e. The fraction of sp³-hybridized carbons (Fsp3) is 0.105. The van der Waals surface area contributed by atoms with Gasteiger partial charge in [-0.1, -0.05) is 60.7 Å². The third kappa shape index (κ3) is 2.79. The summed E-state index contributed by atoms with van der Waals surface area (Å²) in [7, 11) is 0. The summed E-state index contributed by atoms with van der Waals surface area (Å²) >= 11 is 0. The molecule has 0 bridgehead atoms.